The first-order valence-electron chi connectivity index (χ1n) is 22.4. The van der Waals surface area contributed by atoms with Gasteiger partial charge in [0.05, 0.1) is 29.7 Å². The van der Waals surface area contributed by atoms with E-state index in [0.29, 0.717) is 31.2 Å². The van der Waals surface area contributed by atoms with Gasteiger partial charge in [0.1, 0.15) is 12.4 Å². The van der Waals surface area contributed by atoms with E-state index in [4.69, 9.17) is 16.3 Å². The Morgan fingerprint density at radius 3 is 2.33 bits per heavy atom. The number of carbonyl (C=O) groups excluding carboxylic acids is 3. The molecule has 1 heterocycles. The number of fused-ring (bicyclic) bond motifs is 7. The highest BCUT2D eigenvalue weighted by atomic mass is 35.5. The number of nitrogens with zero attached hydrogens (tertiary/aromatic N) is 3. The van der Waals surface area contributed by atoms with Crippen molar-refractivity contribution in [3.8, 4) is 0 Å². The van der Waals surface area contributed by atoms with Crippen LogP contribution in [0.25, 0.3) is 5.70 Å². The Labute approximate surface area is 353 Å². The summed E-state index contributed by atoms with van der Waals surface area (Å²) in [6, 6.07) is 0. The van der Waals surface area contributed by atoms with Gasteiger partial charge in [-0.15, -0.1) is 11.6 Å². The maximum atomic E-state index is 14.7. The second-order valence-corrected chi connectivity index (χ2v) is 22.7. The lowest BCUT2D eigenvalue weighted by atomic mass is 9.33. The fraction of sp³-hybridized carbons (Fsp3) is 0.755. The van der Waals surface area contributed by atoms with Crippen LogP contribution < -0.4 is 5.56 Å². The number of Topliss-reactive ketones (excluding diaryl/α,β-unsaturated/α-hetero) is 1. The SMILES string of the molecule is Cc1c(C23CC[C@]4(C)C(CCC5C6(C)CCC(OC(=O)CC(C)(C)C=O)C(C)(C)C6CCC54C)C2=C(C(C)C)C(=O)C3)n(CCN(C)C)n(C2=CCC(Cl)C=C2)c1=O. The highest BCUT2D eigenvalue weighted by molar-refractivity contribution is 6.22. The molecule has 0 amide bonds. The molecule has 0 bridgehead atoms. The Kier molecular flexibility index (Phi) is 11.0. The predicted octanol–water partition coefficient (Wildman–Crippen LogP) is 9.69. The summed E-state index contributed by atoms with van der Waals surface area (Å²) < 4.78 is 10.4. The fourth-order valence-corrected chi connectivity index (χ4v) is 14.6. The molecule has 7 rings (SSSR count). The lowest BCUT2D eigenvalue weighted by Crippen LogP contribution is -2.66. The molecule has 9 atom stereocenters. The number of hydrogen-bond donors (Lipinski definition) is 0. The van der Waals surface area contributed by atoms with Crippen molar-refractivity contribution in [1.29, 1.82) is 0 Å². The molecule has 0 N–H and O–H groups in total. The van der Waals surface area contributed by atoms with Crippen molar-refractivity contribution in [3.05, 3.63) is 51.0 Å². The van der Waals surface area contributed by atoms with Crippen molar-refractivity contribution >= 4 is 35.3 Å². The van der Waals surface area contributed by atoms with Gasteiger partial charge in [0, 0.05) is 34.8 Å². The summed E-state index contributed by atoms with van der Waals surface area (Å²) in [6.45, 7) is 23.8. The lowest BCUT2D eigenvalue weighted by molar-refractivity contribution is -0.232. The number of hydrogen-bond acceptors (Lipinski definition) is 6. The van der Waals surface area contributed by atoms with E-state index in [1.54, 1.807) is 13.8 Å². The van der Waals surface area contributed by atoms with Crippen molar-refractivity contribution in [2.75, 3.05) is 20.6 Å². The molecule has 9 heteroatoms. The zero-order valence-electron chi connectivity index (χ0n) is 37.7. The zero-order chi connectivity index (χ0) is 42.5. The maximum absolute atomic E-state index is 14.7. The van der Waals surface area contributed by atoms with Gasteiger partial charge >= 0.3 is 5.97 Å². The molecule has 4 fully saturated rings. The summed E-state index contributed by atoms with van der Waals surface area (Å²) in [5, 5.41) is -0.0882. The number of rotatable bonds is 10. The Hall–Kier alpha value is -2.71. The maximum Gasteiger partial charge on any atom is 0.307 e. The molecule has 6 aliphatic carbocycles. The fourth-order valence-electron chi connectivity index (χ4n) is 14.5. The third-order valence-electron chi connectivity index (χ3n) is 17.4. The second kappa shape index (κ2) is 14.7. The van der Waals surface area contributed by atoms with Crippen LogP contribution in [0.5, 0.6) is 0 Å². The number of alkyl halides is 1. The molecule has 58 heavy (non-hydrogen) atoms. The van der Waals surface area contributed by atoms with E-state index < -0.39 is 10.8 Å². The topological polar surface area (TPSA) is 90.6 Å². The van der Waals surface area contributed by atoms with Gasteiger partial charge in [0.15, 0.2) is 5.78 Å². The van der Waals surface area contributed by atoms with Crippen LogP contribution >= 0.6 is 11.6 Å². The van der Waals surface area contributed by atoms with Crippen LogP contribution in [-0.4, -0.2) is 64.4 Å². The van der Waals surface area contributed by atoms with Gasteiger partial charge in [-0.05, 0) is 136 Å². The number of ketones is 1. The molecule has 6 aliphatic rings. The minimum Gasteiger partial charge on any atom is -0.462 e. The number of aldehydes is 1. The first kappa shape index (κ1) is 43.4. The van der Waals surface area contributed by atoms with Crippen LogP contribution in [0.4, 0.5) is 0 Å². The molecule has 8 nitrogen and oxygen atoms in total. The Bertz CT molecular complexity index is 2010. The molecule has 1 aromatic heterocycles. The van der Waals surface area contributed by atoms with Gasteiger partial charge in [-0.2, -0.15) is 0 Å². The molecule has 0 aromatic carbocycles. The number of esters is 1. The molecule has 0 saturated heterocycles. The van der Waals surface area contributed by atoms with E-state index in [9.17, 15) is 19.2 Å². The van der Waals surface area contributed by atoms with Crippen molar-refractivity contribution in [3.63, 3.8) is 0 Å². The van der Waals surface area contributed by atoms with E-state index in [-0.39, 0.29) is 68.7 Å². The molecular formula is C49H72ClN3O5. The third kappa shape index (κ3) is 6.45. The zero-order valence-corrected chi connectivity index (χ0v) is 38.5. The first-order valence-corrected chi connectivity index (χ1v) is 22.9. The van der Waals surface area contributed by atoms with Crippen molar-refractivity contribution < 1.29 is 19.1 Å². The summed E-state index contributed by atoms with van der Waals surface area (Å²) in [7, 11) is 4.15. The Morgan fingerprint density at radius 2 is 1.71 bits per heavy atom. The van der Waals surface area contributed by atoms with Gasteiger partial charge in [0.25, 0.3) is 5.56 Å². The highest BCUT2D eigenvalue weighted by Crippen LogP contribution is 2.77. The third-order valence-corrected chi connectivity index (χ3v) is 17.7. The van der Waals surface area contributed by atoms with Crippen LogP contribution in [-0.2, 0) is 31.1 Å². The molecular weight excluding hydrogens is 746 g/mol. The Morgan fingerprint density at radius 1 is 1.00 bits per heavy atom. The van der Waals surface area contributed by atoms with Gasteiger partial charge in [-0.3, -0.25) is 19.1 Å². The summed E-state index contributed by atoms with van der Waals surface area (Å²) in [4.78, 5) is 56.3. The molecule has 0 aliphatic heterocycles. The minimum atomic E-state index is -0.733. The normalized spacial score (nSPS) is 37.0. The number of allylic oxidation sites excluding steroid dienone is 6. The van der Waals surface area contributed by atoms with Gasteiger partial charge < -0.3 is 14.4 Å². The molecule has 1 aromatic rings. The molecule has 4 saturated carbocycles. The van der Waals surface area contributed by atoms with E-state index in [2.05, 4.69) is 78.2 Å². The van der Waals surface area contributed by atoms with Crippen LogP contribution in [0.15, 0.2) is 34.2 Å². The van der Waals surface area contributed by atoms with Gasteiger partial charge in [-0.25, -0.2) is 4.68 Å². The van der Waals surface area contributed by atoms with Crippen LogP contribution in [0, 0.1) is 57.7 Å². The van der Waals surface area contributed by atoms with Gasteiger partial charge in [-0.1, -0.05) is 74.5 Å². The monoisotopic (exact) mass is 818 g/mol. The van der Waals surface area contributed by atoms with Crippen molar-refractivity contribution in [2.24, 2.45) is 50.7 Å². The summed E-state index contributed by atoms with van der Waals surface area (Å²) in [5.74, 6) is 1.22. The largest absolute Gasteiger partial charge is 0.462 e. The molecule has 320 valence electrons. The number of carbonyl (C=O) groups is 3. The summed E-state index contributed by atoms with van der Waals surface area (Å²) in [5.41, 5.74) is 3.70. The van der Waals surface area contributed by atoms with E-state index >= 15 is 0 Å². The first-order chi connectivity index (χ1) is 27.0. The number of ether oxygens (including phenoxy) is 1. The van der Waals surface area contributed by atoms with E-state index in [1.165, 1.54) is 5.57 Å². The predicted molar refractivity (Wildman–Crippen MR) is 233 cm³/mol. The second-order valence-electron chi connectivity index (χ2n) is 22.2. The summed E-state index contributed by atoms with van der Waals surface area (Å²) >= 11 is 6.49. The average Bonchev–Trinajstić information content (AvgIpc) is 3.58. The highest BCUT2D eigenvalue weighted by Gasteiger charge is 2.71. The number of likely N-dealkylation sites (N-methyl/N-ethyl adjacent to an activating group) is 1. The molecule has 8 unspecified atom stereocenters. The standard InChI is InChI=1S/C49H72ClN3O5/c1-30(2)40-35(55)27-49(42-31(3)43(57)53(52(42)26-25-51(11)12)33-15-13-32(50)14-16-33)24-23-47(9)34(41(40)49)17-18-37-46(8)21-20-38(58-39(56)28-44(4,5)29-54)45(6,7)36(46)19-22-48(37,47)10/h13,15-16,29-30,32,34,36-38H,14,17-28H2,1-12H3/t32?,34?,36?,37?,38?,46?,47-,48?,49?/m1/s1. The lowest BCUT2D eigenvalue weighted by Gasteiger charge is -2.72. The smallest absolute Gasteiger partial charge is 0.307 e. The van der Waals surface area contributed by atoms with Gasteiger partial charge in [0.2, 0.25) is 0 Å². The quantitative estimate of drug-likeness (QED) is 0.133. The van der Waals surface area contributed by atoms with E-state index in [0.717, 1.165) is 86.7 Å². The van der Waals surface area contributed by atoms with Crippen molar-refractivity contribution in [1.82, 2.24) is 14.3 Å². The van der Waals surface area contributed by atoms with Crippen LogP contribution in [0.2, 0.25) is 0 Å². The molecule has 0 radical (unpaired) electrons. The minimum absolute atomic E-state index is 0.00319. The number of halogens is 1. The summed E-state index contributed by atoms with van der Waals surface area (Å²) in [6.07, 6.45) is 16.0. The number of aromatic nitrogens is 2. The van der Waals surface area contributed by atoms with E-state index in [1.807, 2.05) is 23.8 Å². The van der Waals surface area contributed by atoms with Crippen LogP contribution in [0.1, 0.15) is 144 Å². The van der Waals surface area contributed by atoms with Crippen LogP contribution in [0.3, 0.4) is 0 Å². The van der Waals surface area contributed by atoms with Crippen molar-refractivity contribution in [2.45, 2.75) is 163 Å². The Balaban J connectivity index is 1.29. The molecule has 0 spiro atoms. The average molecular weight is 819 g/mol.